The van der Waals surface area contributed by atoms with Gasteiger partial charge in [0, 0.05) is 30.9 Å². The highest BCUT2D eigenvalue weighted by Crippen LogP contribution is 2.44. The van der Waals surface area contributed by atoms with E-state index in [9.17, 15) is 0 Å². The van der Waals surface area contributed by atoms with Crippen molar-refractivity contribution in [2.75, 3.05) is 25.0 Å². The summed E-state index contributed by atoms with van der Waals surface area (Å²) in [5.74, 6) is 1.48. The molecular formula is C19H30N2. The third-order valence-corrected chi connectivity index (χ3v) is 5.43. The van der Waals surface area contributed by atoms with E-state index in [0.717, 1.165) is 19.0 Å². The summed E-state index contributed by atoms with van der Waals surface area (Å²) in [6.07, 6.45) is 2.78. The molecule has 0 spiro atoms. The van der Waals surface area contributed by atoms with Gasteiger partial charge < -0.3 is 4.90 Å². The van der Waals surface area contributed by atoms with E-state index in [1.165, 1.54) is 18.5 Å². The van der Waals surface area contributed by atoms with Crippen molar-refractivity contribution in [1.29, 1.82) is 0 Å². The second-order valence-corrected chi connectivity index (χ2v) is 7.51. The van der Waals surface area contributed by atoms with Gasteiger partial charge in [0.15, 0.2) is 0 Å². The van der Waals surface area contributed by atoms with Crippen molar-refractivity contribution in [3.8, 4) is 0 Å². The van der Waals surface area contributed by atoms with Crippen LogP contribution in [-0.2, 0) is 0 Å². The molecule has 0 radical (unpaired) electrons. The topological polar surface area (TPSA) is 6.48 Å². The molecule has 2 nitrogen and oxygen atoms in total. The molecule has 2 unspecified atom stereocenters. The number of nitrogens with zero attached hydrogens (tertiary/aromatic N) is 2. The predicted octanol–water partition coefficient (Wildman–Crippen LogP) is 4.22. The largest absolute Gasteiger partial charge is 0.368 e. The van der Waals surface area contributed by atoms with Gasteiger partial charge in [-0.3, -0.25) is 4.90 Å². The Morgan fingerprint density at radius 2 is 1.67 bits per heavy atom. The SMILES string of the molecule is CC(C)c1ccc(N2CC(C)N(C)C(C)C2)cc1C1CC1. The van der Waals surface area contributed by atoms with Gasteiger partial charge in [-0.25, -0.2) is 0 Å². The number of piperazine rings is 1. The minimum Gasteiger partial charge on any atom is -0.368 e. The summed E-state index contributed by atoms with van der Waals surface area (Å²) in [5.41, 5.74) is 4.63. The first-order valence-corrected chi connectivity index (χ1v) is 8.58. The maximum absolute atomic E-state index is 2.59. The number of likely N-dealkylation sites (N-methyl/N-ethyl adjacent to an activating group) is 1. The average Bonchev–Trinajstić information content (AvgIpc) is 3.28. The second-order valence-electron chi connectivity index (χ2n) is 7.51. The van der Waals surface area contributed by atoms with Crippen LogP contribution in [0.25, 0.3) is 0 Å². The Bertz CT molecular complexity index is 492. The molecule has 21 heavy (non-hydrogen) atoms. The molecule has 0 aromatic heterocycles. The molecular weight excluding hydrogens is 256 g/mol. The number of anilines is 1. The summed E-state index contributed by atoms with van der Waals surface area (Å²) in [6.45, 7) is 11.6. The monoisotopic (exact) mass is 286 g/mol. The van der Waals surface area contributed by atoms with Gasteiger partial charge >= 0.3 is 0 Å². The average molecular weight is 286 g/mol. The van der Waals surface area contributed by atoms with Crippen LogP contribution in [0.5, 0.6) is 0 Å². The van der Waals surface area contributed by atoms with Gasteiger partial charge in [-0.2, -0.15) is 0 Å². The lowest BCUT2D eigenvalue weighted by molar-refractivity contribution is 0.170. The first kappa shape index (κ1) is 14.9. The zero-order chi connectivity index (χ0) is 15.1. The third-order valence-electron chi connectivity index (χ3n) is 5.43. The summed E-state index contributed by atoms with van der Waals surface area (Å²) >= 11 is 0. The Hall–Kier alpha value is -1.02. The highest BCUT2D eigenvalue weighted by atomic mass is 15.3. The molecule has 2 aliphatic rings. The van der Waals surface area contributed by atoms with E-state index < -0.39 is 0 Å². The molecule has 1 aromatic rings. The third kappa shape index (κ3) is 2.96. The smallest absolute Gasteiger partial charge is 0.0370 e. The molecule has 0 amide bonds. The van der Waals surface area contributed by atoms with Crippen molar-refractivity contribution in [3.05, 3.63) is 29.3 Å². The number of rotatable bonds is 3. The van der Waals surface area contributed by atoms with Gasteiger partial charge in [-0.15, -0.1) is 0 Å². The Morgan fingerprint density at radius 3 is 2.19 bits per heavy atom. The van der Waals surface area contributed by atoms with Crippen molar-refractivity contribution in [3.63, 3.8) is 0 Å². The van der Waals surface area contributed by atoms with Crippen molar-refractivity contribution >= 4 is 5.69 Å². The number of hydrogen-bond acceptors (Lipinski definition) is 2. The van der Waals surface area contributed by atoms with Crippen molar-refractivity contribution in [1.82, 2.24) is 4.90 Å². The lowest BCUT2D eigenvalue weighted by atomic mass is 9.93. The summed E-state index contributed by atoms with van der Waals surface area (Å²) in [5, 5.41) is 0. The Balaban J connectivity index is 1.87. The van der Waals surface area contributed by atoms with Crippen molar-refractivity contribution in [2.24, 2.45) is 0 Å². The lowest BCUT2D eigenvalue weighted by Crippen LogP contribution is -2.55. The Labute approximate surface area is 130 Å². The van der Waals surface area contributed by atoms with E-state index in [0.29, 0.717) is 18.0 Å². The predicted molar refractivity (Wildman–Crippen MR) is 91.4 cm³/mol. The van der Waals surface area contributed by atoms with Crippen LogP contribution in [0.1, 0.15) is 63.5 Å². The van der Waals surface area contributed by atoms with Gasteiger partial charge in [0.25, 0.3) is 0 Å². The minimum absolute atomic E-state index is 0.628. The fraction of sp³-hybridized carbons (Fsp3) is 0.684. The van der Waals surface area contributed by atoms with Crippen LogP contribution in [0, 0.1) is 0 Å². The molecule has 1 aromatic carbocycles. The summed E-state index contributed by atoms with van der Waals surface area (Å²) < 4.78 is 0. The quantitative estimate of drug-likeness (QED) is 0.821. The maximum atomic E-state index is 2.59. The molecule has 0 N–H and O–H groups in total. The van der Waals surface area contributed by atoms with Gasteiger partial charge in [0.1, 0.15) is 0 Å². The van der Waals surface area contributed by atoms with E-state index in [2.05, 4.69) is 62.7 Å². The summed E-state index contributed by atoms with van der Waals surface area (Å²) in [4.78, 5) is 5.09. The molecule has 2 fully saturated rings. The van der Waals surface area contributed by atoms with Crippen LogP contribution < -0.4 is 4.90 Å². The zero-order valence-corrected chi connectivity index (χ0v) is 14.3. The number of benzene rings is 1. The Kier molecular flexibility index (Phi) is 4.00. The lowest BCUT2D eigenvalue weighted by Gasteiger charge is -2.43. The van der Waals surface area contributed by atoms with Crippen LogP contribution >= 0.6 is 0 Å². The van der Waals surface area contributed by atoms with E-state index in [1.54, 1.807) is 11.1 Å². The molecule has 2 heteroatoms. The van der Waals surface area contributed by atoms with Gasteiger partial charge in [-0.05, 0) is 68.8 Å². The first-order valence-electron chi connectivity index (χ1n) is 8.58. The van der Waals surface area contributed by atoms with Gasteiger partial charge in [-0.1, -0.05) is 19.9 Å². The van der Waals surface area contributed by atoms with E-state index in [4.69, 9.17) is 0 Å². The molecule has 2 atom stereocenters. The number of hydrogen-bond donors (Lipinski definition) is 0. The van der Waals surface area contributed by atoms with Crippen LogP contribution in [-0.4, -0.2) is 37.1 Å². The van der Waals surface area contributed by atoms with Crippen LogP contribution in [0.15, 0.2) is 18.2 Å². The molecule has 1 aliphatic carbocycles. The van der Waals surface area contributed by atoms with E-state index >= 15 is 0 Å². The summed E-state index contributed by atoms with van der Waals surface area (Å²) in [6, 6.07) is 8.50. The second kappa shape index (κ2) is 5.64. The van der Waals surface area contributed by atoms with Crippen LogP contribution in [0.2, 0.25) is 0 Å². The fourth-order valence-electron chi connectivity index (χ4n) is 3.65. The van der Waals surface area contributed by atoms with Crippen molar-refractivity contribution in [2.45, 2.75) is 64.5 Å². The maximum Gasteiger partial charge on any atom is 0.0370 e. The molecule has 1 heterocycles. The van der Waals surface area contributed by atoms with Gasteiger partial charge in [0.2, 0.25) is 0 Å². The standard InChI is InChI=1S/C19H30N2/c1-13(2)18-9-8-17(10-19(18)16-6-7-16)21-11-14(3)20(5)15(4)12-21/h8-10,13-16H,6-7,11-12H2,1-5H3. The highest BCUT2D eigenvalue weighted by molar-refractivity contribution is 5.54. The molecule has 0 bridgehead atoms. The van der Waals surface area contributed by atoms with Gasteiger partial charge in [0.05, 0.1) is 0 Å². The van der Waals surface area contributed by atoms with E-state index in [1.807, 2.05) is 0 Å². The first-order chi connectivity index (χ1) is 9.97. The minimum atomic E-state index is 0.628. The van der Waals surface area contributed by atoms with Crippen molar-refractivity contribution < 1.29 is 0 Å². The van der Waals surface area contributed by atoms with Crippen LogP contribution in [0.4, 0.5) is 5.69 Å². The molecule has 1 saturated carbocycles. The molecule has 1 aliphatic heterocycles. The fourth-order valence-corrected chi connectivity index (χ4v) is 3.65. The van der Waals surface area contributed by atoms with Crippen LogP contribution in [0.3, 0.4) is 0 Å². The normalized spacial score (nSPS) is 27.4. The molecule has 116 valence electrons. The highest BCUT2D eigenvalue weighted by Gasteiger charge is 2.30. The molecule has 1 saturated heterocycles. The molecule has 3 rings (SSSR count). The summed E-state index contributed by atoms with van der Waals surface area (Å²) in [7, 11) is 2.25. The zero-order valence-electron chi connectivity index (χ0n) is 14.3. The Morgan fingerprint density at radius 1 is 1.05 bits per heavy atom. The van der Waals surface area contributed by atoms with E-state index in [-0.39, 0.29) is 0 Å².